The third-order valence-electron chi connectivity index (χ3n) is 4.65. The van der Waals surface area contributed by atoms with Crippen molar-refractivity contribution in [1.29, 1.82) is 0 Å². The first-order chi connectivity index (χ1) is 9.71. The Morgan fingerprint density at radius 3 is 2.52 bits per heavy atom. The highest BCUT2D eigenvalue weighted by molar-refractivity contribution is 9.10. The Morgan fingerprint density at radius 1 is 1.29 bits per heavy atom. The normalized spacial score (nSPS) is 23.7. The monoisotopic (exact) mass is 352 g/mol. The Balaban J connectivity index is 2.36. The fourth-order valence-corrected chi connectivity index (χ4v) is 3.57. The molecule has 0 spiro atoms. The van der Waals surface area contributed by atoms with E-state index in [-0.39, 0.29) is 5.41 Å². The number of nitrogens with zero attached hydrogens (tertiary/aromatic N) is 1. The molecule has 0 bridgehead atoms. The highest BCUT2D eigenvalue weighted by Crippen LogP contribution is 2.35. The van der Waals surface area contributed by atoms with Crippen LogP contribution in [0.4, 0.5) is 5.69 Å². The molecule has 2 rings (SSSR count). The molecule has 1 heterocycles. The fraction of sp³-hybridized carbons (Fsp3) is 0.667. The quantitative estimate of drug-likeness (QED) is 0.836. The Hall–Kier alpha value is -0.540. The Bertz CT molecular complexity index is 490. The summed E-state index contributed by atoms with van der Waals surface area (Å²) in [5.41, 5.74) is 2.92. The van der Waals surface area contributed by atoms with Crippen molar-refractivity contribution >= 4 is 21.6 Å². The molecule has 0 aromatic heterocycles. The predicted molar refractivity (Wildman–Crippen MR) is 96.1 cm³/mol. The zero-order valence-electron chi connectivity index (χ0n) is 14.2. The lowest BCUT2D eigenvalue weighted by Gasteiger charge is -2.48. The van der Waals surface area contributed by atoms with Gasteiger partial charge in [-0.1, -0.05) is 46.8 Å². The van der Waals surface area contributed by atoms with E-state index >= 15 is 0 Å². The molecule has 0 radical (unpaired) electrons. The molecule has 118 valence electrons. The van der Waals surface area contributed by atoms with E-state index in [1.807, 2.05) is 0 Å². The van der Waals surface area contributed by atoms with E-state index in [2.05, 4.69) is 85.9 Å². The smallest absolute Gasteiger partial charge is 0.0516 e. The average molecular weight is 353 g/mol. The molecule has 1 N–H and O–H groups in total. The molecule has 1 aliphatic heterocycles. The number of benzene rings is 1. The molecule has 2 nitrogen and oxygen atoms in total. The van der Waals surface area contributed by atoms with Crippen molar-refractivity contribution < 1.29 is 0 Å². The van der Waals surface area contributed by atoms with E-state index in [9.17, 15) is 0 Å². The van der Waals surface area contributed by atoms with Gasteiger partial charge in [-0.25, -0.2) is 0 Å². The van der Waals surface area contributed by atoms with E-state index in [0.29, 0.717) is 18.0 Å². The maximum absolute atomic E-state index is 3.80. The number of nitrogens with one attached hydrogen (secondary N) is 1. The van der Waals surface area contributed by atoms with Gasteiger partial charge >= 0.3 is 0 Å². The first-order valence-electron chi connectivity index (χ1n) is 7.97. The van der Waals surface area contributed by atoms with E-state index in [1.165, 1.54) is 15.7 Å². The average Bonchev–Trinajstić information content (AvgIpc) is 2.40. The van der Waals surface area contributed by atoms with Crippen molar-refractivity contribution in [3.05, 3.63) is 28.2 Å². The van der Waals surface area contributed by atoms with Gasteiger partial charge in [0.1, 0.15) is 0 Å². The SMILES string of the molecule is Cc1cccc(N2CC(C(C)(C)C)NCC2C(C)C)c1Br. The van der Waals surface area contributed by atoms with Crippen LogP contribution in [0.5, 0.6) is 0 Å². The van der Waals surface area contributed by atoms with Gasteiger partial charge in [-0.15, -0.1) is 0 Å². The number of hydrogen-bond acceptors (Lipinski definition) is 2. The van der Waals surface area contributed by atoms with Crippen molar-refractivity contribution in [3.63, 3.8) is 0 Å². The van der Waals surface area contributed by atoms with Gasteiger partial charge in [-0.3, -0.25) is 0 Å². The summed E-state index contributed by atoms with van der Waals surface area (Å²) < 4.78 is 1.24. The fourth-order valence-electron chi connectivity index (χ4n) is 3.08. The van der Waals surface area contributed by atoms with E-state index in [0.717, 1.165) is 13.1 Å². The first-order valence-corrected chi connectivity index (χ1v) is 8.76. The van der Waals surface area contributed by atoms with Crippen LogP contribution in [0.3, 0.4) is 0 Å². The lowest BCUT2D eigenvalue weighted by atomic mass is 9.83. The molecule has 21 heavy (non-hydrogen) atoms. The van der Waals surface area contributed by atoms with E-state index < -0.39 is 0 Å². The molecule has 1 saturated heterocycles. The highest BCUT2D eigenvalue weighted by atomic mass is 79.9. The Kier molecular flexibility index (Phi) is 5.04. The molecule has 1 aromatic rings. The van der Waals surface area contributed by atoms with E-state index in [1.54, 1.807) is 0 Å². The summed E-state index contributed by atoms with van der Waals surface area (Å²) in [4.78, 5) is 2.61. The summed E-state index contributed by atoms with van der Waals surface area (Å²) in [7, 11) is 0. The number of hydrogen-bond donors (Lipinski definition) is 1. The third-order valence-corrected chi connectivity index (χ3v) is 5.68. The molecule has 1 fully saturated rings. The zero-order valence-corrected chi connectivity index (χ0v) is 15.8. The summed E-state index contributed by atoms with van der Waals surface area (Å²) in [6.45, 7) is 15.9. The van der Waals surface area contributed by atoms with Crippen molar-refractivity contribution in [3.8, 4) is 0 Å². The number of aryl methyl sites for hydroxylation is 1. The van der Waals surface area contributed by atoms with E-state index in [4.69, 9.17) is 0 Å². The van der Waals surface area contributed by atoms with Crippen molar-refractivity contribution in [1.82, 2.24) is 5.32 Å². The topological polar surface area (TPSA) is 15.3 Å². The summed E-state index contributed by atoms with van der Waals surface area (Å²) in [5.74, 6) is 0.630. The molecule has 0 aliphatic carbocycles. The summed E-state index contributed by atoms with van der Waals surface area (Å²) in [6, 6.07) is 7.64. The van der Waals surface area contributed by atoms with Crippen LogP contribution >= 0.6 is 15.9 Å². The van der Waals surface area contributed by atoms with Gasteiger partial charge in [0.15, 0.2) is 0 Å². The number of rotatable bonds is 2. The van der Waals surface area contributed by atoms with Gasteiger partial charge in [-0.05, 0) is 45.8 Å². The van der Waals surface area contributed by atoms with Gasteiger partial charge in [0, 0.05) is 29.6 Å². The molecular weight excluding hydrogens is 324 g/mol. The number of anilines is 1. The predicted octanol–water partition coefficient (Wildman–Crippen LogP) is 4.61. The summed E-state index contributed by atoms with van der Waals surface area (Å²) in [5, 5.41) is 3.77. The highest BCUT2D eigenvalue weighted by Gasteiger charge is 2.35. The van der Waals surface area contributed by atoms with Gasteiger partial charge < -0.3 is 10.2 Å². The van der Waals surface area contributed by atoms with Crippen LogP contribution in [0.25, 0.3) is 0 Å². The Labute approximate surface area is 138 Å². The maximum atomic E-state index is 3.80. The molecule has 0 saturated carbocycles. The van der Waals surface area contributed by atoms with Crippen LogP contribution in [-0.4, -0.2) is 25.2 Å². The second-order valence-electron chi connectivity index (χ2n) is 7.70. The molecule has 1 aromatic carbocycles. The molecule has 0 amide bonds. The van der Waals surface area contributed by atoms with Gasteiger partial charge in [0.05, 0.1) is 5.69 Å². The van der Waals surface area contributed by atoms with Crippen LogP contribution < -0.4 is 10.2 Å². The van der Waals surface area contributed by atoms with Crippen LogP contribution in [0, 0.1) is 18.3 Å². The molecule has 2 unspecified atom stereocenters. The van der Waals surface area contributed by atoms with Gasteiger partial charge in [0.2, 0.25) is 0 Å². The molecular formula is C18H29BrN2. The van der Waals surface area contributed by atoms with Crippen LogP contribution in [-0.2, 0) is 0 Å². The molecule has 3 heteroatoms. The van der Waals surface area contributed by atoms with Crippen molar-refractivity contribution in [2.24, 2.45) is 11.3 Å². The Morgan fingerprint density at radius 2 is 1.95 bits per heavy atom. The van der Waals surface area contributed by atoms with Crippen LogP contribution in [0.2, 0.25) is 0 Å². The minimum absolute atomic E-state index is 0.274. The lowest BCUT2D eigenvalue weighted by molar-refractivity contribution is 0.220. The summed E-state index contributed by atoms with van der Waals surface area (Å²) >= 11 is 3.80. The number of piperazine rings is 1. The van der Waals surface area contributed by atoms with Crippen LogP contribution in [0.1, 0.15) is 40.2 Å². The third kappa shape index (κ3) is 3.62. The van der Waals surface area contributed by atoms with Crippen molar-refractivity contribution in [2.75, 3.05) is 18.0 Å². The minimum atomic E-state index is 0.274. The van der Waals surface area contributed by atoms with Gasteiger partial charge in [-0.2, -0.15) is 0 Å². The number of halogens is 1. The zero-order chi connectivity index (χ0) is 15.8. The van der Waals surface area contributed by atoms with Gasteiger partial charge in [0.25, 0.3) is 0 Å². The largest absolute Gasteiger partial charge is 0.365 e. The van der Waals surface area contributed by atoms with Crippen LogP contribution in [0.15, 0.2) is 22.7 Å². The molecule has 2 atom stereocenters. The summed E-state index contributed by atoms with van der Waals surface area (Å²) in [6.07, 6.45) is 0. The second kappa shape index (κ2) is 6.29. The van der Waals surface area contributed by atoms with Crippen molar-refractivity contribution in [2.45, 2.75) is 53.6 Å². The second-order valence-corrected chi connectivity index (χ2v) is 8.49. The standard InChI is InChI=1S/C18H29BrN2/c1-12(2)15-10-20-16(18(4,5)6)11-21(15)14-9-7-8-13(3)17(14)19/h7-9,12,15-16,20H,10-11H2,1-6H3. The lowest BCUT2D eigenvalue weighted by Crippen LogP contribution is -2.62. The molecule has 1 aliphatic rings. The maximum Gasteiger partial charge on any atom is 0.0516 e. The first kappa shape index (κ1) is 16.8. The minimum Gasteiger partial charge on any atom is -0.365 e.